The van der Waals surface area contributed by atoms with Crippen LogP contribution >= 0.6 is 15.9 Å². The molecule has 2 N–H and O–H groups in total. The Morgan fingerprint density at radius 2 is 1.64 bits per heavy atom. The van der Waals surface area contributed by atoms with Gasteiger partial charge in [0.2, 0.25) is 0 Å². The molecule has 0 radical (unpaired) electrons. The second-order valence-corrected chi connectivity index (χ2v) is 5.26. The van der Waals surface area contributed by atoms with E-state index in [1.807, 2.05) is 0 Å². The Kier molecular flexibility index (Phi) is 6.25. The average molecular weight is 222 g/mol. The summed E-state index contributed by atoms with van der Waals surface area (Å²) in [4.78, 5) is 0.641. The summed E-state index contributed by atoms with van der Waals surface area (Å²) in [6.45, 7) is 7.53. The number of rotatable bonds is 5. The molecule has 0 aromatic rings. The van der Waals surface area contributed by atoms with Crippen LogP contribution in [-0.4, -0.2) is 11.4 Å². The monoisotopic (exact) mass is 221 g/mol. The maximum atomic E-state index is 5.54. The van der Waals surface area contributed by atoms with Crippen LogP contribution in [0.4, 0.5) is 0 Å². The van der Waals surface area contributed by atoms with Gasteiger partial charge in [0.15, 0.2) is 0 Å². The van der Waals surface area contributed by atoms with Gasteiger partial charge in [0, 0.05) is 4.83 Å². The second-order valence-electron chi connectivity index (χ2n) is 3.70. The second kappa shape index (κ2) is 6.01. The van der Waals surface area contributed by atoms with Crippen molar-refractivity contribution < 1.29 is 0 Å². The Hall–Kier alpha value is 0.440. The first-order valence-electron chi connectivity index (χ1n) is 4.40. The van der Waals surface area contributed by atoms with E-state index >= 15 is 0 Å². The molecule has 0 aromatic carbocycles. The van der Waals surface area contributed by atoms with E-state index in [4.69, 9.17) is 5.73 Å². The molecule has 2 heteroatoms. The lowest BCUT2D eigenvalue weighted by atomic mass is 9.94. The highest BCUT2D eigenvalue weighted by molar-refractivity contribution is 9.09. The van der Waals surface area contributed by atoms with Gasteiger partial charge in [-0.05, 0) is 31.2 Å². The normalized spacial score (nSPS) is 19.4. The molecular weight excluding hydrogens is 202 g/mol. The summed E-state index contributed by atoms with van der Waals surface area (Å²) in [6, 6.07) is 0. The highest BCUT2D eigenvalue weighted by Gasteiger charge is 2.09. The Morgan fingerprint density at radius 3 is 2.00 bits per heavy atom. The molecule has 3 unspecified atom stereocenters. The standard InChI is InChI=1S/C9H20BrN/c1-7(5-9(3)10)4-8(2)6-11/h7-9H,4-6,11H2,1-3H3. The third kappa shape index (κ3) is 6.82. The average Bonchev–Trinajstić information content (AvgIpc) is 1.85. The molecule has 0 aliphatic heterocycles. The molecule has 0 spiro atoms. The number of alkyl halides is 1. The van der Waals surface area contributed by atoms with Gasteiger partial charge in [-0.3, -0.25) is 0 Å². The molecule has 0 aromatic heterocycles. The molecule has 11 heavy (non-hydrogen) atoms. The van der Waals surface area contributed by atoms with Crippen molar-refractivity contribution in [1.82, 2.24) is 0 Å². The van der Waals surface area contributed by atoms with Gasteiger partial charge >= 0.3 is 0 Å². The zero-order chi connectivity index (χ0) is 8.85. The minimum Gasteiger partial charge on any atom is -0.330 e. The predicted octanol–water partition coefficient (Wildman–Crippen LogP) is 2.78. The highest BCUT2D eigenvalue weighted by Crippen LogP contribution is 2.19. The van der Waals surface area contributed by atoms with Crippen LogP contribution in [-0.2, 0) is 0 Å². The van der Waals surface area contributed by atoms with Crippen molar-refractivity contribution in [2.45, 2.75) is 38.4 Å². The van der Waals surface area contributed by atoms with Gasteiger partial charge in [0.1, 0.15) is 0 Å². The summed E-state index contributed by atoms with van der Waals surface area (Å²) in [5.41, 5.74) is 5.54. The zero-order valence-corrected chi connectivity index (χ0v) is 9.39. The lowest BCUT2D eigenvalue weighted by Gasteiger charge is -2.16. The summed E-state index contributed by atoms with van der Waals surface area (Å²) in [7, 11) is 0. The molecule has 0 aliphatic carbocycles. The lowest BCUT2D eigenvalue weighted by Crippen LogP contribution is -2.15. The van der Waals surface area contributed by atoms with Gasteiger partial charge in [0.05, 0.1) is 0 Å². The Bertz CT molecular complexity index is 93.6. The van der Waals surface area contributed by atoms with Gasteiger partial charge in [-0.15, -0.1) is 0 Å². The van der Waals surface area contributed by atoms with E-state index in [2.05, 4.69) is 36.7 Å². The third-order valence-electron chi connectivity index (χ3n) is 1.93. The molecular formula is C9H20BrN. The first-order valence-corrected chi connectivity index (χ1v) is 5.32. The van der Waals surface area contributed by atoms with E-state index in [0.717, 1.165) is 12.5 Å². The van der Waals surface area contributed by atoms with Crippen molar-refractivity contribution in [2.24, 2.45) is 17.6 Å². The Labute approximate surface area is 78.9 Å². The van der Waals surface area contributed by atoms with Crippen LogP contribution in [0.5, 0.6) is 0 Å². The Morgan fingerprint density at radius 1 is 1.09 bits per heavy atom. The fourth-order valence-corrected chi connectivity index (χ4v) is 2.07. The van der Waals surface area contributed by atoms with Crippen LogP contribution < -0.4 is 5.73 Å². The quantitative estimate of drug-likeness (QED) is 0.711. The molecule has 68 valence electrons. The molecule has 0 amide bonds. The number of nitrogens with two attached hydrogens (primary N) is 1. The smallest absolute Gasteiger partial charge is 0.0120 e. The molecule has 0 fully saturated rings. The summed E-state index contributed by atoms with van der Waals surface area (Å²) >= 11 is 3.56. The molecule has 0 saturated heterocycles. The molecule has 0 bridgehead atoms. The van der Waals surface area contributed by atoms with Crippen LogP contribution in [0.2, 0.25) is 0 Å². The van der Waals surface area contributed by atoms with Crippen LogP contribution in [0.15, 0.2) is 0 Å². The van der Waals surface area contributed by atoms with E-state index in [1.54, 1.807) is 0 Å². The van der Waals surface area contributed by atoms with Crippen LogP contribution in [0.1, 0.15) is 33.6 Å². The van der Waals surface area contributed by atoms with Crippen LogP contribution in [0.25, 0.3) is 0 Å². The number of hydrogen-bond donors (Lipinski definition) is 1. The maximum Gasteiger partial charge on any atom is 0.0120 e. The van der Waals surface area contributed by atoms with Crippen molar-refractivity contribution in [1.29, 1.82) is 0 Å². The van der Waals surface area contributed by atoms with Crippen molar-refractivity contribution in [3.05, 3.63) is 0 Å². The minimum absolute atomic E-state index is 0.641. The maximum absolute atomic E-state index is 5.54. The van der Waals surface area contributed by atoms with E-state index in [-0.39, 0.29) is 0 Å². The third-order valence-corrected chi connectivity index (χ3v) is 2.31. The van der Waals surface area contributed by atoms with Gasteiger partial charge < -0.3 is 5.73 Å². The lowest BCUT2D eigenvalue weighted by molar-refractivity contribution is 0.402. The fourth-order valence-electron chi connectivity index (χ4n) is 1.43. The predicted molar refractivity (Wildman–Crippen MR) is 55.0 cm³/mol. The Balaban J connectivity index is 3.43. The highest BCUT2D eigenvalue weighted by atomic mass is 79.9. The summed E-state index contributed by atoms with van der Waals surface area (Å²) in [5, 5.41) is 0. The minimum atomic E-state index is 0.641. The number of halogens is 1. The summed E-state index contributed by atoms with van der Waals surface area (Å²) < 4.78 is 0. The van der Waals surface area contributed by atoms with Gasteiger partial charge in [-0.1, -0.05) is 36.7 Å². The molecule has 3 atom stereocenters. The fraction of sp³-hybridized carbons (Fsp3) is 1.00. The van der Waals surface area contributed by atoms with Crippen LogP contribution in [0.3, 0.4) is 0 Å². The van der Waals surface area contributed by atoms with E-state index < -0.39 is 0 Å². The first-order chi connectivity index (χ1) is 5.06. The first kappa shape index (κ1) is 11.4. The van der Waals surface area contributed by atoms with Gasteiger partial charge in [-0.2, -0.15) is 0 Å². The zero-order valence-electron chi connectivity index (χ0n) is 7.81. The van der Waals surface area contributed by atoms with Crippen LogP contribution in [0, 0.1) is 11.8 Å². The van der Waals surface area contributed by atoms with E-state index in [9.17, 15) is 0 Å². The largest absolute Gasteiger partial charge is 0.330 e. The van der Waals surface area contributed by atoms with Crippen molar-refractivity contribution in [3.8, 4) is 0 Å². The van der Waals surface area contributed by atoms with Crippen molar-refractivity contribution in [2.75, 3.05) is 6.54 Å². The SMILES string of the molecule is CC(Br)CC(C)CC(C)CN. The summed E-state index contributed by atoms with van der Waals surface area (Å²) in [6.07, 6.45) is 2.51. The molecule has 0 heterocycles. The van der Waals surface area contributed by atoms with E-state index in [0.29, 0.717) is 10.7 Å². The molecule has 0 saturated carbocycles. The van der Waals surface area contributed by atoms with Crippen molar-refractivity contribution in [3.63, 3.8) is 0 Å². The molecule has 0 aliphatic rings. The summed E-state index contributed by atoms with van der Waals surface area (Å²) in [5.74, 6) is 1.47. The van der Waals surface area contributed by atoms with Gasteiger partial charge in [0.25, 0.3) is 0 Å². The van der Waals surface area contributed by atoms with E-state index in [1.165, 1.54) is 12.8 Å². The van der Waals surface area contributed by atoms with Crippen molar-refractivity contribution >= 4 is 15.9 Å². The molecule has 0 rings (SSSR count). The molecule has 1 nitrogen and oxygen atoms in total. The van der Waals surface area contributed by atoms with Gasteiger partial charge in [-0.25, -0.2) is 0 Å². The topological polar surface area (TPSA) is 26.0 Å². The number of hydrogen-bond acceptors (Lipinski definition) is 1.